The predicted molar refractivity (Wildman–Crippen MR) is 158 cm³/mol. The molecule has 0 saturated heterocycles. The minimum atomic E-state index is -4.76. The Bertz CT molecular complexity index is 2200. The molecule has 3 aromatic carbocycles. The zero-order valence-electron chi connectivity index (χ0n) is 22.8. The fourth-order valence-corrected chi connectivity index (χ4v) is 6.65. The Hall–Kier alpha value is -6.04. The molecule has 208 valence electrons. The molecule has 6 nitrogen and oxygen atoms in total. The summed E-state index contributed by atoms with van der Waals surface area (Å²) in [6.45, 7) is 17.0. The van der Waals surface area contributed by atoms with Crippen LogP contribution in [0.2, 0.25) is 0 Å². The van der Waals surface area contributed by atoms with Gasteiger partial charge in [0, 0.05) is 16.5 Å². The van der Waals surface area contributed by atoms with Crippen LogP contribution < -0.4 is 10.4 Å². The first-order valence-electron chi connectivity index (χ1n) is 12.8. The van der Waals surface area contributed by atoms with Crippen LogP contribution in [-0.4, -0.2) is 5.51 Å². The van der Waals surface area contributed by atoms with E-state index in [1.807, 2.05) is 6.07 Å². The predicted octanol–water partition coefficient (Wildman–Crippen LogP) is 6.80. The van der Waals surface area contributed by atoms with Crippen LogP contribution in [0.1, 0.15) is 29.2 Å². The van der Waals surface area contributed by atoms with Gasteiger partial charge in [0.1, 0.15) is 30.9 Å². The molecule has 44 heavy (non-hydrogen) atoms. The molecule has 0 radical (unpaired) electrons. The quantitative estimate of drug-likeness (QED) is 0.244. The highest BCUT2D eigenvalue weighted by Gasteiger charge is 2.39. The van der Waals surface area contributed by atoms with E-state index in [0.29, 0.717) is 60.9 Å². The summed E-state index contributed by atoms with van der Waals surface area (Å²) in [5, 5.41) is 39.1. The lowest BCUT2D eigenvalue weighted by atomic mass is 9.86. The summed E-state index contributed by atoms with van der Waals surface area (Å²) < 4.78 is 42.6. The van der Waals surface area contributed by atoms with Crippen molar-refractivity contribution in [3.63, 3.8) is 0 Å². The molecule has 0 N–H and O–H groups in total. The van der Waals surface area contributed by atoms with Crippen molar-refractivity contribution < 1.29 is 13.2 Å². The number of fused-ring (bicyclic) bond motifs is 2. The van der Waals surface area contributed by atoms with Crippen LogP contribution in [0.3, 0.4) is 0 Å². The van der Waals surface area contributed by atoms with Gasteiger partial charge in [0.2, 0.25) is 0 Å². The SMILES string of the molecule is [C-]#[N+]C([N+]#[C-])=C1Cc2c(-c3ccc(C#N)cc3)c3c(c(-c4ccc(C#N)cc4)c2=C1C)CC(=C(C#N)C#N)C=3SC(F)(F)F. The molecule has 2 aliphatic rings. The van der Waals surface area contributed by atoms with Crippen molar-refractivity contribution in [1.29, 1.82) is 21.0 Å². The minimum absolute atomic E-state index is 0.0442. The minimum Gasteiger partial charge on any atom is -0.192 e. The highest BCUT2D eigenvalue weighted by Crippen LogP contribution is 2.47. The van der Waals surface area contributed by atoms with E-state index in [2.05, 4.69) is 15.8 Å². The third-order valence-electron chi connectivity index (χ3n) is 7.57. The van der Waals surface area contributed by atoms with E-state index >= 15 is 0 Å². The highest BCUT2D eigenvalue weighted by molar-refractivity contribution is 8.09. The molecule has 0 spiro atoms. The summed E-state index contributed by atoms with van der Waals surface area (Å²) in [4.78, 5) is 6.56. The zero-order chi connectivity index (χ0) is 31.8. The molecule has 0 aliphatic heterocycles. The van der Waals surface area contributed by atoms with E-state index in [9.17, 15) is 34.2 Å². The van der Waals surface area contributed by atoms with E-state index in [0.717, 1.165) is 0 Å². The van der Waals surface area contributed by atoms with Crippen molar-refractivity contribution in [2.24, 2.45) is 0 Å². The second-order valence-corrected chi connectivity index (χ2v) is 10.9. The molecule has 3 aromatic rings. The van der Waals surface area contributed by atoms with Crippen LogP contribution in [0.15, 0.2) is 71.1 Å². The normalized spacial score (nSPS) is 13.0. The molecule has 10 heteroatoms. The third kappa shape index (κ3) is 4.87. The first-order valence-corrected chi connectivity index (χ1v) is 13.6. The van der Waals surface area contributed by atoms with Crippen LogP contribution in [0, 0.1) is 58.5 Å². The molecule has 0 unspecified atom stereocenters. The van der Waals surface area contributed by atoms with Gasteiger partial charge in [0.05, 0.1) is 28.8 Å². The van der Waals surface area contributed by atoms with Crippen molar-refractivity contribution in [1.82, 2.24) is 0 Å². The molecule has 5 rings (SSSR count). The molecule has 0 atom stereocenters. The molecule has 0 amide bonds. The number of hydrogen-bond acceptors (Lipinski definition) is 5. The first-order chi connectivity index (χ1) is 21.1. The summed E-state index contributed by atoms with van der Waals surface area (Å²) >= 11 is -0.392. The lowest BCUT2D eigenvalue weighted by Crippen LogP contribution is -2.24. The maximum absolute atomic E-state index is 14.2. The first kappa shape index (κ1) is 29.5. The summed E-state index contributed by atoms with van der Waals surface area (Å²) in [7, 11) is 0. The van der Waals surface area contributed by atoms with Crippen molar-refractivity contribution >= 4 is 22.2 Å². The van der Waals surface area contributed by atoms with Gasteiger partial charge in [-0.15, -0.1) is 0 Å². The van der Waals surface area contributed by atoms with Gasteiger partial charge in [-0.1, -0.05) is 24.3 Å². The molecule has 0 aromatic heterocycles. The van der Waals surface area contributed by atoms with E-state index in [-0.39, 0.29) is 34.4 Å². The summed E-state index contributed by atoms with van der Waals surface area (Å²) in [5.74, 6) is -0.152. The maximum atomic E-state index is 14.2. The molecule has 2 aliphatic carbocycles. The molecular formula is C34H15F3N6S. The Morgan fingerprint density at radius 1 is 0.750 bits per heavy atom. The van der Waals surface area contributed by atoms with Gasteiger partial charge < -0.3 is 0 Å². The van der Waals surface area contributed by atoms with Crippen LogP contribution in [0.25, 0.3) is 42.4 Å². The Balaban J connectivity index is 2.11. The smallest absolute Gasteiger partial charge is 0.192 e. The monoisotopic (exact) mass is 596 g/mol. The van der Waals surface area contributed by atoms with E-state index in [4.69, 9.17) is 13.1 Å². The average Bonchev–Trinajstić information content (AvgIpc) is 3.54. The van der Waals surface area contributed by atoms with E-state index < -0.39 is 22.8 Å². The van der Waals surface area contributed by atoms with Gasteiger partial charge in [-0.05, 0) is 99.1 Å². The van der Waals surface area contributed by atoms with Gasteiger partial charge in [-0.25, -0.2) is 0 Å². The van der Waals surface area contributed by atoms with Gasteiger partial charge in [0.25, 0.3) is 0 Å². The lowest BCUT2D eigenvalue weighted by molar-refractivity contribution is -0.0318. The number of halogens is 3. The van der Waals surface area contributed by atoms with Crippen molar-refractivity contribution in [3.05, 3.63) is 127 Å². The van der Waals surface area contributed by atoms with Crippen molar-refractivity contribution in [2.45, 2.75) is 25.3 Å². The third-order valence-corrected chi connectivity index (χ3v) is 8.46. The lowest BCUT2D eigenvalue weighted by Gasteiger charge is -2.17. The Morgan fingerprint density at radius 2 is 1.20 bits per heavy atom. The van der Waals surface area contributed by atoms with Gasteiger partial charge in [-0.2, -0.15) is 43.9 Å². The number of nitriles is 4. The molecule has 0 saturated carbocycles. The van der Waals surface area contributed by atoms with Crippen LogP contribution in [0.4, 0.5) is 13.2 Å². The summed E-state index contributed by atoms with van der Waals surface area (Å²) in [5.41, 5.74) is -0.379. The van der Waals surface area contributed by atoms with Crippen LogP contribution >= 0.6 is 11.8 Å². The second kappa shape index (κ2) is 11.3. The molecular weight excluding hydrogens is 581 g/mol. The summed E-state index contributed by atoms with van der Waals surface area (Å²) in [6, 6.07) is 20.5. The zero-order valence-corrected chi connectivity index (χ0v) is 23.6. The number of nitrogens with zero attached hydrogens (tertiary/aromatic N) is 6. The van der Waals surface area contributed by atoms with Crippen molar-refractivity contribution in [3.8, 4) is 46.5 Å². The molecule has 0 bridgehead atoms. The number of benzene rings is 3. The number of hydrogen-bond donors (Lipinski definition) is 0. The second-order valence-electron chi connectivity index (χ2n) is 9.79. The number of thioether (sulfide) groups is 1. The van der Waals surface area contributed by atoms with Crippen LogP contribution in [0.5, 0.6) is 0 Å². The largest absolute Gasteiger partial charge is 0.523 e. The fraction of sp³-hybridized carbons (Fsp3) is 0.118. The van der Waals surface area contributed by atoms with Gasteiger partial charge in [0.15, 0.2) is 0 Å². The molecule has 0 fully saturated rings. The number of rotatable bonds is 3. The van der Waals surface area contributed by atoms with Gasteiger partial charge >= 0.3 is 11.3 Å². The van der Waals surface area contributed by atoms with Crippen molar-refractivity contribution in [2.75, 3.05) is 0 Å². The molecule has 0 heterocycles. The topological polar surface area (TPSA) is 104 Å². The fourth-order valence-electron chi connectivity index (χ4n) is 5.80. The van der Waals surface area contributed by atoms with E-state index in [1.165, 1.54) is 0 Å². The van der Waals surface area contributed by atoms with E-state index in [1.54, 1.807) is 67.6 Å². The standard InChI is InChI=1S/C34H15F3N6S/c1-18-24(33(42-2)43-3)12-26-28(18)29(21-8-4-19(14-38)5-9-21)27-13-25(23(16-40)17-41)32(44-34(35,36)37)31(27)30(26)22-10-6-20(15-39)7-11-22/h4-11H,12-13H2,1H3. The average molecular weight is 597 g/mol. The van der Waals surface area contributed by atoms with Crippen LogP contribution in [-0.2, 0) is 12.8 Å². The number of alkyl halides is 3. The Labute approximate surface area is 254 Å². The highest BCUT2D eigenvalue weighted by atomic mass is 32.2. The number of allylic oxidation sites excluding steroid dienone is 2. The summed E-state index contributed by atoms with van der Waals surface area (Å²) in [6.07, 6.45) is -0.0690. The van der Waals surface area contributed by atoms with Gasteiger partial charge in [-0.3, -0.25) is 0 Å². The Morgan fingerprint density at radius 3 is 1.64 bits per heavy atom. The Kier molecular flexibility index (Phi) is 7.58. The maximum Gasteiger partial charge on any atom is 0.523 e.